The number of fused-ring (bicyclic) bond motifs is 1. The molecule has 0 saturated carbocycles. The quantitative estimate of drug-likeness (QED) is 0.658. The van der Waals surface area contributed by atoms with E-state index in [9.17, 15) is 4.79 Å². The molecule has 2 aliphatic heterocycles. The van der Waals surface area contributed by atoms with Crippen LogP contribution in [-0.2, 0) is 6.54 Å². The van der Waals surface area contributed by atoms with Crippen LogP contribution >= 0.6 is 0 Å². The number of benzene rings is 3. The zero-order chi connectivity index (χ0) is 21.0. The molecule has 3 aromatic carbocycles. The number of nitrogens with one attached hydrogen (secondary N) is 1. The molecule has 1 N–H and O–H groups in total. The number of piperazine rings is 1. The molecule has 0 spiro atoms. The molecule has 0 atom stereocenters. The summed E-state index contributed by atoms with van der Waals surface area (Å²) in [6.07, 6.45) is 1.12. The number of carbonyl (C=O) groups excluding carboxylic acids is 1. The predicted octanol–water partition coefficient (Wildman–Crippen LogP) is 4.27. The molecule has 0 aromatic heterocycles. The summed E-state index contributed by atoms with van der Waals surface area (Å²) < 4.78 is 0. The third-order valence-corrected chi connectivity index (χ3v) is 6.65. The number of anilines is 1. The minimum atomic E-state index is 0.0587. The third kappa shape index (κ3) is 4.35. The second kappa shape index (κ2) is 8.94. The summed E-state index contributed by atoms with van der Waals surface area (Å²) in [4.78, 5) is 17.0. The van der Waals surface area contributed by atoms with Gasteiger partial charge in [0.15, 0.2) is 0 Å². The standard InChI is InChI=1S/C27H29N3O/c31-27-26-19-24(12-11-23(26)20-28-27)30-17-15-29(16-18-30)14-13-25(21-7-3-1-4-8-21)22-9-5-2-6-10-22/h1-12,19,25H,13-18,20H2,(H,28,31). The summed E-state index contributed by atoms with van der Waals surface area (Å²) in [5, 5.41) is 2.91. The van der Waals surface area contributed by atoms with E-state index in [2.05, 4.69) is 94.0 Å². The molecule has 3 aromatic rings. The van der Waals surface area contributed by atoms with Crippen molar-refractivity contribution >= 4 is 11.6 Å². The van der Waals surface area contributed by atoms with Crippen LogP contribution in [0.3, 0.4) is 0 Å². The molecule has 0 aliphatic carbocycles. The minimum Gasteiger partial charge on any atom is -0.369 e. The van der Waals surface area contributed by atoms with E-state index in [0.717, 1.165) is 50.3 Å². The molecule has 2 aliphatic rings. The Labute approximate surface area is 184 Å². The van der Waals surface area contributed by atoms with Gasteiger partial charge in [-0.25, -0.2) is 0 Å². The molecule has 1 saturated heterocycles. The first-order chi connectivity index (χ1) is 15.3. The van der Waals surface area contributed by atoms with E-state index in [0.29, 0.717) is 12.5 Å². The fraction of sp³-hybridized carbons (Fsp3) is 0.296. The highest BCUT2D eigenvalue weighted by Gasteiger charge is 2.23. The normalized spacial score (nSPS) is 16.4. The number of hydrogen-bond donors (Lipinski definition) is 1. The molecular weight excluding hydrogens is 382 g/mol. The Balaban J connectivity index is 1.21. The topological polar surface area (TPSA) is 35.6 Å². The van der Waals surface area contributed by atoms with Gasteiger partial charge in [-0.3, -0.25) is 9.69 Å². The highest BCUT2D eigenvalue weighted by Crippen LogP contribution is 2.29. The molecule has 1 amide bonds. The first kappa shape index (κ1) is 19.8. The van der Waals surface area contributed by atoms with E-state index < -0.39 is 0 Å². The highest BCUT2D eigenvalue weighted by molar-refractivity contribution is 5.99. The Morgan fingerprint density at radius 3 is 2.10 bits per heavy atom. The van der Waals surface area contributed by atoms with Crippen molar-refractivity contribution in [3.8, 4) is 0 Å². The Bertz CT molecular complexity index is 987. The molecule has 4 nitrogen and oxygen atoms in total. The smallest absolute Gasteiger partial charge is 0.251 e. The van der Waals surface area contributed by atoms with Crippen molar-refractivity contribution in [2.24, 2.45) is 0 Å². The number of nitrogens with zero attached hydrogens (tertiary/aromatic N) is 2. The predicted molar refractivity (Wildman–Crippen MR) is 126 cm³/mol. The van der Waals surface area contributed by atoms with Crippen LogP contribution in [0.5, 0.6) is 0 Å². The van der Waals surface area contributed by atoms with Gasteiger partial charge in [-0.15, -0.1) is 0 Å². The molecule has 2 heterocycles. The lowest BCUT2D eigenvalue weighted by molar-refractivity contribution is 0.0965. The molecule has 31 heavy (non-hydrogen) atoms. The largest absolute Gasteiger partial charge is 0.369 e. The summed E-state index contributed by atoms with van der Waals surface area (Å²) in [6, 6.07) is 28.1. The van der Waals surface area contributed by atoms with Gasteiger partial charge in [-0.2, -0.15) is 0 Å². The van der Waals surface area contributed by atoms with Gasteiger partial charge in [-0.1, -0.05) is 66.7 Å². The highest BCUT2D eigenvalue weighted by atomic mass is 16.1. The van der Waals surface area contributed by atoms with Gasteiger partial charge < -0.3 is 10.2 Å². The fourth-order valence-corrected chi connectivity index (χ4v) is 4.84. The first-order valence-corrected chi connectivity index (χ1v) is 11.3. The molecular formula is C27H29N3O. The average molecular weight is 412 g/mol. The van der Waals surface area contributed by atoms with Crippen molar-refractivity contribution in [1.29, 1.82) is 0 Å². The fourth-order valence-electron chi connectivity index (χ4n) is 4.84. The Kier molecular flexibility index (Phi) is 5.72. The number of hydrogen-bond acceptors (Lipinski definition) is 3. The van der Waals surface area contributed by atoms with Crippen molar-refractivity contribution < 1.29 is 4.79 Å². The van der Waals surface area contributed by atoms with Crippen LogP contribution in [0, 0.1) is 0 Å². The Morgan fingerprint density at radius 1 is 0.806 bits per heavy atom. The van der Waals surface area contributed by atoms with Crippen molar-refractivity contribution in [2.45, 2.75) is 18.9 Å². The van der Waals surface area contributed by atoms with Crippen molar-refractivity contribution in [2.75, 3.05) is 37.6 Å². The van der Waals surface area contributed by atoms with Crippen LogP contribution in [0.25, 0.3) is 0 Å². The summed E-state index contributed by atoms with van der Waals surface area (Å²) in [6.45, 7) is 5.86. The lowest BCUT2D eigenvalue weighted by Crippen LogP contribution is -2.46. The molecule has 4 heteroatoms. The minimum absolute atomic E-state index is 0.0587. The lowest BCUT2D eigenvalue weighted by Gasteiger charge is -2.37. The second-order valence-electron chi connectivity index (χ2n) is 8.52. The van der Waals surface area contributed by atoms with Crippen LogP contribution in [0.1, 0.15) is 39.4 Å². The Morgan fingerprint density at radius 2 is 1.45 bits per heavy atom. The van der Waals surface area contributed by atoms with Crippen molar-refractivity contribution in [1.82, 2.24) is 10.2 Å². The van der Waals surface area contributed by atoms with Crippen LogP contribution in [-0.4, -0.2) is 43.5 Å². The molecule has 5 rings (SSSR count). The monoisotopic (exact) mass is 411 g/mol. The maximum atomic E-state index is 12.0. The van der Waals surface area contributed by atoms with Gasteiger partial charge in [0.25, 0.3) is 5.91 Å². The second-order valence-corrected chi connectivity index (χ2v) is 8.52. The maximum absolute atomic E-state index is 12.0. The summed E-state index contributed by atoms with van der Waals surface area (Å²) in [7, 11) is 0. The first-order valence-electron chi connectivity index (χ1n) is 11.3. The zero-order valence-corrected chi connectivity index (χ0v) is 17.8. The SMILES string of the molecule is O=C1NCc2ccc(N3CCN(CCC(c4ccccc4)c4ccccc4)CC3)cc21. The van der Waals surface area contributed by atoms with E-state index in [4.69, 9.17) is 0 Å². The van der Waals surface area contributed by atoms with Gasteiger partial charge in [0, 0.05) is 49.9 Å². The van der Waals surface area contributed by atoms with Gasteiger partial charge in [0.2, 0.25) is 0 Å². The van der Waals surface area contributed by atoms with Gasteiger partial charge in [0.05, 0.1) is 0 Å². The lowest BCUT2D eigenvalue weighted by atomic mass is 9.88. The maximum Gasteiger partial charge on any atom is 0.251 e. The summed E-state index contributed by atoms with van der Waals surface area (Å²) in [5.74, 6) is 0.485. The van der Waals surface area contributed by atoms with E-state index in [-0.39, 0.29) is 5.91 Å². The molecule has 0 bridgehead atoms. The van der Waals surface area contributed by atoms with E-state index in [1.165, 1.54) is 16.8 Å². The summed E-state index contributed by atoms with van der Waals surface area (Å²) in [5.41, 5.74) is 5.91. The molecule has 1 fully saturated rings. The van der Waals surface area contributed by atoms with Crippen molar-refractivity contribution in [3.05, 3.63) is 101 Å². The Hall–Kier alpha value is -3.11. The number of rotatable bonds is 6. The molecule has 0 unspecified atom stereocenters. The summed E-state index contributed by atoms with van der Waals surface area (Å²) >= 11 is 0. The van der Waals surface area contributed by atoms with Gasteiger partial charge in [0.1, 0.15) is 0 Å². The van der Waals surface area contributed by atoms with Gasteiger partial charge in [-0.05, 0) is 41.8 Å². The number of carbonyl (C=O) groups is 1. The van der Waals surface area contributed by atoms with E-state index >= 15 is 0 Å². The molecule has 0 radical (unpaired) electrons. The average Bonchev–Trinajstić information content (AvgIpc) is 3.21. The van der Waals surface area contributed by atoms with Crippen LogP contribution in [0.4, 0.5) is 5.69 Å². The number of amides is 1. The van der Waals surface area contributed by atoms with Crippen molar-refractivity contribution in [3.63, 3.8) is 0 Å². The van der Waals surface area contributed by atoms with Crippen LogP contribution in [0.15, 0.2) is 78.9 Å². The van der Waals surface area contributed by atoms with E-state index in [1.54, 1.807) is 0 Å². The van der Waals surface area contributed by atoms with E-state index in [1.807, 2.05) is 0 Å². The van der Waals surface area contributed by atoms with Crippen LogP contribution in [0.2, 0.25) is 0 Å². The zero-order valence-electron chi connectivity index (χ0n) is 17.8. The molecule has 158 valence electrons. The van der Waals surface area contributed by atoms with Crippen LogP contribution < -0.4 is 10.2 Å². The van der Waals surface area contributed by atoms with Gasteiger partial charge >= 0.3 is 0 Å². The third-order valence-electron chi connectivity index (χ3n) is 6.65.